The first kappa shape index (κ1) is 13.0. The van der Waals surface area contributed by atoms with Gasteiger partial charge in [0.25, 0.3) is 0 Å². The summed E-state index contributed by atoms with van der Waals surface area (Å²) < 4.78 is 0. The van der Waals surface area contributed by atoms with E-state index in [-0.39, 0.29) is 5.78 Å². The van der Waals surface area contributed by atoms with Crippen molar-refractivity contribution in [2.24, 2.45) is 0 Å². The number of rotatable bonds is 2. The van der Waals surface area contributed by atoms with Crippen LogP contribution in [0, 0.1) is 0 Å². The van der Waals surface area contributed by atoms with Gasteiger partial charge in [-0.05, 0) is 13.8 Å². The van der Waals surface area contributed by atoms with Crippen LogP contribution in [0.4, 0.5) is 0 Å². The number of aliphatic carboxylic acids is 2. The molecule has 0 spiro atoms. The summed E-state index contributed by atoms with van der Waals surface area (Å²) >= 11 is 0. The number of carboxylic acid groups (broad SMARTS) is 2. The van der Waals surface area contributed by atoms with Gasteiger partial charge in [-0.1, -0.05) is 0 Å². The summed E-state index contributed by atoms with van der Waals surface area (Å²) in [6.07, 6.45) is 1.12. The quantitative estimate of drug-likeness (QED) is 0.587. The molecule has 5 heteroatoms. The maximum Gasteiger partial charge on any atom is 0.328 e. The topological polar surface area (TPSA) is 91.7 Å². The van der Waals surface area contributed by atoms with Crippen molar-refractivity contribution < 1.29 is 24.6 Å². The lowest BCUT2D eigenvalue weighted by atomic mass is 10.5. The van der Waals surface area contributed by atoms with Crippen LogP contribution in [0.5, 0.6) is 0 Å². The molecule has 0 amide bonds. The molecule has 0 bridgehead atoms. The molecule has 0 unspecified atom stereocenters. The standard InChI is InChI=1S/C4H4O4.C3H6O/c5-3(6)1-2-4(7)8;1-3(2)4/h1-2H,(H,5,6)(H,7,8);1-2H3/b2-1+;. The van der Waals surface area contributed by atoms with E-state index < -0.39 is 11.9 Å². The van der Waals surface area contributed by atoms with Gasteiger partial charge in [-0.15, -0.1) is 0 Å². The first-order chi connectivity index (χ1) is 5.36. The van der Waals surface area contributed by atoms with E-state index in [1.54, 1.807) is 0 Å². The summed E-state index contributed by atoms with van der Waals surface area (Å²) in [7, 11) is 0. The van der Waals surface area contributed by atoms with Crippen molar-refractivity contribution in [3.8, 4) is 0 Å². The first-order valence-electron chi connectivity index (χ1n) is 2.97. The second kappa shape index (κ2) is 7.46. The molecule has 0 aromatic rings. The van der Waals surface area contributed by atoms with Gasteiger partial charge in [0.15, 0.2) is 0 Å². The van der Waals surface area contributed by atoms with Crippen molar-refractivity contribution in [3.63, 3.8) is 0 Å². The highest BCUT2D eigenvalue weighted by Gasteiger charge is 1.88. The smallest absolute Gasteiger partial charge is 0.328 e. The highest BCUT2D eigenvalue weighted by Crippen LogP contribution is 1.70. The molecule has 0 aromatic heterocycles. The third-order valence-electron chi connectivity index (χ3n) is 0.368. The minimum absolute atomic E-state index is 0.167. The lowest BCUT2D eigenvalue weighted by molar-refractivity contribution is -0.134. The number of carboxylic acids is 2. The number of Topliss-reactive ketones (excluding diaryl/α,β-unsaturated/α-hetero) is 1. The Bertz CT molecular complexity index is 184. The minimum Gasteiger partial charge on any atom is -0.478 e. The van der Waals surface area contributed by atoms with Crippen molar-refractivity contribution in [1.82, 2.24) is 0 Å². The summed E-state index contributed by atoms with van der Waals surface area (Å²) in [5.74, 6) is -2.35. The summed E-state index contributed by atoms with van der Waals surface area (Å²) in [5.41, 5.74) is 0. The van der Waals surface area contributed by atoms with Crippen LogP contribution in [-0.4, -0.2) is 27.9 Å². The fraction of sp³-hybridized carbons (Fsp3) is 0.286. The summed E-state index contributed by atoms with van der Waals surface area (Å²) in [5, 5.41) is 15.6. The van der Waals surface area contributed by atoms with E-state index in [9.17, 15) is 14.4 Å². The molecule has 0 saturated carbocycles. The van der Waals surface area contributed by atoms with E-state index in [4.69, 9.17) is 10.2 Å². The maximum atomic E-state index is 9.55. The van der Waals surface area contributed by atoms with Gasteiger partial charge >= 0.3 is 11.9 Å². The molecular weight excluding hydrogens is 164 g/mol. The van der Waals surface area contributed by atoms with Gasteiger partial charge in [-0.2, -0.15) is 0 Å². The predicted molar refractivity (Wildman–Crippen MR) is 40.8 cm³/mol. The molecule has 68 valence electrons. The molecule has 12 heavy (non-hydrogen) atoms. The Kier molecular flexibility index (Phi) is 8.06. The lowest BCUT2D eigenvalue weighted by Gasteiger charge is -1.74. The number of ketones is 1. The summed E-state index contributed by atoms with van der Waals surface area (Å²) in [6.45, 7) is 3.06. The number of hydrogen-bond acceptors (Lipinski definition) is 3. The monoisotopic (exact) mass is 174 g/mol. The second-order valence-electron chi connectivity index (χ2n) is 1.92. The first-order valence-corrected chi connectivity index (χ1v) is 2.97. The zero-order valence-corrected chi connectivity index (χ0v) is 6.77. The van der Waals surface area contributed by atoms with E-state index >= 15 is 0 Å². The Morgan fingerprint density at radius 2 is 1.08 bits per heavy atom. The normalized spacial score (nSPS) is 8.50. The molecule has 2 N–H and O–H groups in total. The molecule has 0 aliphatic carbocycles. The fourth-order valence-corrected chi connectivity index (χ4v) is 0.143. The highest BCUT2D eigenvalue weighted by molar-refractivity contribution is 5.89. The van der Waals surface area contributed by atoms with Gasteiger partial charge in [-0.3, -0.25) is 0 Å². The Morgan fingerprint density at radius 3 is 1.17 bits per heavy atom. The SMILES string of the molecule is CC(C)=O.O=C(O)/C=C/C(=O)O. The molecule has 0 saturated heterocycles. The van der Waals surface area contributed by atoms with Gasteiger partial charge in [0.1, 0.15) is 5.78 Å². The third kappa shape index (κ3) is 40.2. The van der Waals surface area contributed by atoms with Crippen molar-refractivity contribution in [2.45, 2.75) is 13.8 Å². The van der Waals surface area contributed by atoms with Gasteiger partial charge in [-0.25, -0.2) is 9.59 Å². The molecule has 0 radical (unpaired) electrons. The van der Waals surface area contributed by atoms with Crippen LogP contribution in [0.25, 0.3) is 0 Å². The van der Waals surface area contributed by atoms with Crippen LogP contribution >= 0.6 is 0 Å². The molecule has 0 aliphatic heterocycles. The van der Waals surface area contributed by atoms with Crippen molar-refractivity contribution in [2.75, 3.05) is 0 Å². The molecule has 0 aromatic carbocycles. The largest absolute Gasteiger partial charge is 0.478 e. The van der Waals surface area contributed by atoms with E-state index in [1.807, 2.05) is 0 Å². The molecular formula is C7H10O5. The third-order valence-corrected chi connectivity index (χ3v) is 0.368. The van der Waals surface area contributed by atoms with Gasteiger partial charge < -0.3 is 15.0 Å². The molecule has 0 heterocycles. The van der Waals surface area contributed by atoms with E-state index in [0.29, 0.717) is 12.2 Å². The lowest BCUT2D eigenvalue weighted by Crippen LogP contribution is -1.91. The van der Waals surface area contributed by atoms with Crippen LogP contribution in [0.2, 0.25) is 0 Å². The Morgan fingerprint density at radius 1 is 0.917 bits per heavy atom. The average Bonchev–Trinajstić information content (AvgIpc) is 1.82. The van der Waals surface area contributed by atoms with Crippen molar-refractivity contribution >= 4 is 17.7 Å². The molecule has 0 atom stereocenters. The number of carbonyl (C=O) groups is 3. The van der Waals surface area contributed by atoms with E-state index in [0.717, 1.165) is 0 Å². The van der Waals surface area contributed by atoms with Gasteiger partial charge in [0.05, 0.1) is 0 Å². The van der Waals surface area contributed by atoms with Crippen molar-refractivity contribution in [1.29, 1.82) is 0 Å². The fourth-order valence-electron chi connectivity index (χ4n) is 0.143. The molecule has 5 nitrogen and oxygen atoms in total. The predicted octanol–water partition coefficient (Wildman–Crippen LogP) is 0.307. The van der Waals surface area contributed by atoms with Gasteiger partial charge in [0, 0.05) is 12.2 Å². The average molecular weight is 174 g/mol. The summed E-state index contributed by atoms with van der Waals surface area (Å²) in [4.78, 5) is 28.6. The Hall–Kier alpha value is -1.65. The van der Waals surface area contributed by atoms with Gasteiger partial charge in [0.2, 0.25) is 0 Å². The molecule has 0 fully saturated rings. The van der Waals surface area contributed by atoms with Crippen LogP contribution in [0.3, 0.4) is 0 Å². The van der Waals surface area contributed by atoms with Crippen LogP contribution in [0.15, 0.2) is 12.2 Å². The molecule has 0 rings (SSSR count). The summed E-state index contributed by atoms with van der Waals surface area (Å²) in [6, 6.07) is 0. The second-order valence-corrected chi connectivity index (χ2v) is 1.92. The van der Waals surface area contributed by atoms with Crippen LogP contribution < -0.4 is 0 Å². The zero-order valence-electron chi connectivity index (χ0n) is 6.77. The number of carbonyl (C=O) groups excluding carboxylic acids is 1. The number of hydrogen-bond donors (Lipinski definition) is 2. The minimum atomic E-state index is -1.26. The van der Waals surface area contributed by atoms with Crippen molar-refractivity contribution in [3.05, 3.63) is 12.2 Å². The molecule has 0 aliphatic rings. The van der Waals surface area contributed by atoms with Crippen LogP contribution in [0.1, 0.15) is 13.8 Å². The highest BCUT2D eigenvalue weighted by atomic mass is 16.4. The van der Waals surface area contributed by atoms with E-state index in [2.05, 4.69) is 0 Å². The van der Waals surface area contributed by atoms with E-state index in [1.165, 1.54) is 13.8 Å². The van der Waals surface area contributed by atoms with Crippen LogP contribution in [-0.2, 0) is 14.4 Å². The maximum absolute atomic E-state index is 9.55. The Balaban J connectivity index is 0. The zero-order chi connectivity index (χ0) is 10.1. The Labute approximate surface area is 69.3 Å².